The van der Waals surface area contributed by atoms with Gasteiger partial charge in [-0.2, -0.15) is 0 Å². The van der Waals surface area contributed by atoms with Gasteiger partial charge in [-0.15, -0.1) is 0 Å². The van der Waals surface area contributed by atoms with Gasteiger partial charge in [-0.3, -0.25) is 14.4 Å². The van der Waals surface area contributed by atoms with Crippen LogP contribution in [0.3, 0.4) is 0 Å². The second kappa shape index (κ2) is 6.67. The van der Waals surface area contributed by atoms with E-state index in [0.717, 1.165) is 0 Å². The molecule has 26 heavy (non-hydrogen) atoms. The summed E-state index contributed by atoms with van der Waals surface area (Å²) in [5, 5.41) is 14.7. The van der Waals surface area contributed by atoms with Crippen molar-refractivity contribution >= 4 is 23.5 Å². The summed E-state index contributed by atoms with van der Waals surface area (Å²) in [6.45, 7) is 3.72. The van der Waals surface area contributed by atoms with Crippen molar-refractivity contribution in [1.29, 1.82) is 0 Å². The van der Waals surface area contributed by atoms with Gasteiger partial charge < -0.3 is 20.2 Å². The number of carbonyl (C=O) groups excluding carboxylic acids is 2. The van der Waals surface area contributed by atoms with Crippen molar-refractivity contribution in [3.05, 3.63) is 54.0 Å². The Labute approximate surface area is 150 Å². The van der Waals surface area contributed by atoms with E-state index < -0.39 is 29.1 Å². The van der Waals surface area contributed by atoms with E-state index in [1.807, 2.05) is 0 Å². The lowest BCUT2D eigenvalue weighted by Gasteiger charge is -2.11. The zero-order valence-electron chi connectivity index (χ0n) is 14.5. The molecule has 2 aromatic rings. The molecule has 1 aromatic carbocycles. The van der Waals surface area contributed by atoms with Gasteiger partial charge in [0.15, 0.2) is 0 Å². The molecule has 0 unspecified atom stereocenters. The van der Waals surface area contributed by atoms with Gasteiger partial charge in [0.1, 0.15) is 5.76 Å². The number of carbonyl (C=O) groups is 3. The Hall–Kier alpha value is -3.09. The number of carboxylic acid groups (broad SMARTS) is 1. The molecule has 1 heterocycles. The van der Waals surface area contributed by atoms with Gasteiger partial charge in [0.25, 0.3) is 5.91 Å². The molecule has 0 aliphatic heterocycles. The quantitative estimate of drug-likeness (QED) is 0.737. The van der Waals surface area contributed by atoms with E-state index in [0.29, 0.717) is 17.0 Å². The fourth-order valence-corrected chi connectivity index (χ4v) is 3.26. The Morgan fingerprint density at radius 2 is 1.85 bits per heavy atom. The molecule has 1 aliphatic carbocycles. The van der Waals surface area contributed by atoms with Crippen LogP contribution in [0.4, 0.5) is 5.69 Å². The molecule has 1 fully saturated rings. The van der Waals surface area contributed by atoms with Crippen LogP contribution in [0, 0.1) is 17.3 Å². The lowest BCUT2D eigenvalue weighted by Crippen LogP contribution is -2.25. The van der Waals surface area contributed by atoms with Crippen molar-refractivity contribution < 1.29 is 23.9 Å². The largest absolute Gasteiger partial charge is 0.481 e. The lowest BCUT2D eigenvalue weighted by molar-refractivity contribution is -0.140. The smallest absolute Gasteiger partial charge is 0.307 e. The van der Waals surface area contributed by atoms with Crippen LogP contribution in [0.2, 0.25) is 0 Å². The maximum atomic E-state index is 12.5. The average Bonchev–Trinajstić information content (AvgIpc) is 2.94. The molecule has 1 aromatic heterocycles. The van der Waals surface area contributed by atoms with Crippen LogP contribution in [-0.2, 0) is 16.1 Å². The second-order valence-electron chi connectivity index (χ2n) is 6.91. The van der Waals surface area contributed by atoms with Crippen LogP contribution in [0.1, 0.15) is 30.0 Å². The van der Waals surface area contributed by atoms with Crippen LogP contribution < -0.4 is 10.6 Å². The third-order valence-corrected chi connectivity index (χ3v) is 4.81. The first-order valence-electron chi connectivity index (χ1n) is 8.25. The molecule has 0 spiro atoms. The first-order chi connectivity index (χ1) is 12.3. The predicted molar refractivity (Wildman–Crippen MR) is 93.3 cm³/mol. The van der Waals surface area contributed by atoms with E-state index in [4.69, 9.17) is 4.42 Å². The van der Waals surface area contributed by atoms with E-state index in [1.165, 1.54) is 6.26 Å². The maximum absolute atomic E-state index is 12.5. The third-order valence-electron chi connectivity index (χ3n) is 4.81. The van der Waals surface area contributed by atoms with Crippen LogP contribution in [-0.4, -0.2) is 22.9 Å². The van der Waals surface area contributed by atoms with Gasteiger partial charge in [0, 0.05) is 0 Å². The predicted octanol–water partition coefficient (Wildman–Crippen LogP) is 2.50. The Bertz CT molecular complexity index is 841. The number of nitrogens with one attached hydrogen (secondary N) is 2. The number of amides is 2. The summed E-state index contributed by atoms with van der Waals surface area (Å²) >= 11 is 0. The molecule has 136 valence electrons. The second-order valence-corrected chi connectivity index (χ2v) is 6.91. The highest BCUT2D eigenvalue weighted by Gasteiger charge is 2.65. The molecule has 2 atom stereocenters. The summed E-state index contributed by atoms with van der Waals surface area (Å²) in [5.74, 6) is -2.47. The first-order valence-corrected chi connectivity index (χ1v) is 8.25. The van der Waals surface area contributed by atoms with E-state index in [9.17, 15) is 19.5 Å². The van der Waals surface area contributed by atoms with Crippen molar-refractivity contribution in [2.24, 2.45) is 17.3 Å². The molecule has 0 radical (unpaired) electrons. The monoisotopic (exact) mass is 356 g/mol. The number of rotatable bonds is 6. The van der Waals surface area contributed by atoms with E-state index >= 15 is 0 Å². The highest BCUT2D eigenvalue weighted by atomic mass is 16.4. The van der Waals surface area contributed by atoms with Gasteiger partial charge in [-0.25, -0.2) is 0 Å². The summed E-state index contributed by atoms with van der Waals surface area (Å²) in [6, 6.07) is 10.1. The lowest BCUT2D eigenvalue weighted by atomic mass is 10.1. The molecule has 0 saturated heterocycles. The number of carboxylic acids is 1. The minimum Gasteiger partial charge on any atom is -0.481 e. The van der Waals surface area contributed by atoms with Gasteiger partial charge >= 0.3 is 5.97 Å². The SMILES string of the molecule is CC1(C)[C@@H](C(=O)O)[C@@H]1C(=O)Nc1ccccc1C(=O)NCc1ccco1. The molecule has 1 saturated carbocycles. The van der Waals surface area contributed by atoms with Gasteiger partial charge in [-0.1, -0.05) is 26.0 Å². The van der Waals surface area contributed by atoms with E-state index in [-0.39, 0.29) is 12.5 Å². The van der Waals surface area contributed by atoms with Crippen LogP contribution in [0.25, 0.3) is 0 Å². The van der Waals surface area contributed by atoms with Gasteiger partial charge in [-0.05, 0) is 29.7 Å². The molecule has 2 amide bonds. The highest BCUT2D eigenvalue weighted by molar-refractivity contribution is 6.06. The van der Waals surface area contributed by atoms with Crippen LogP contribution in [0.5, 0.6) is 0 Å². The summed E-state index contributed by atoms with van der Waals surface area (Å²) < 4.78 is 5.17. The van der Waals surface area contributed by atoms with Gasteiger partial charge in [0.05, 0.1) is 35.9 Å². The minimum absolute atomic E-state index is 0.227. The van der Waals surface area contributed by atoms with Crippen molar-refractivity contribution in [3.63, 3.8) is 0 Å². The molecule has 1 aliphatic rings. The number of furan rings is 1. The number of anilines is 1. The summed E-state index contributed by atoms with van der Waals surface area (Å²) in [6.07, 6.45) is 1.52. The number of aliphatic carboxylic acids is 1. The normalized spacial score (nSPS) is 20.2. The zero-order chi connectivity index (χ0) is 18.9. The maximum Gasteiger partial charge on any atom is 0.307 e. The molecule has 3 N–H and O–H groups in total. The molecule has 7 nitrogen and oxygen atoms in total. The van der Waals surface area contributed by atoms with Crippen molar-refractivity contribution in [2.45, 2.75) is 20.4 Å². The summed E-state index contributed by atoms with van der Waals surface area (Å²) in [5.41, 5.74) is 0.0471. The number of hydrogen-bond donors (Lipinski definition) is 3. The van der Waals surface area contributed by atoms with E-state index in [1.54, 1.807) is 50.2 Å². The fraction of sp³-hybridized carbons (Fsp3) is 0.316. The Morgan fingerprint density at radius 1 is 1.12 bits per heavy atom. The Morgan fingerprint density at radius 3 is 2.46 bits per heavy atom. The zero-order valence-corrected chi connectivity index (χ0v) is 14.5. The highest BCUT2D eigenvalue weighted by Crippen LogP contribution is 2.58. The summed E-state index contributed by atoms with van der Waals surface area (Å²) in [7, 11) is 0. The Balaban J connectivity index is 1.70. The topological polar surface area (TPSA) is 109 Å². The fourth-order valence-electron chi connectivity index (χ4n) is 3.26. The number of hydrogen-bond acceptors (Lipinski definition) is 4. The molecule has 7 heteroatoms. The van der Waals surface area contributed by atoms with Crippen LogP contribution in [0.15, 0.2) is 47.1 Å². The third kappa shape index (κ3) is 3.33. The first kappa shape index (κ1) is 17.7. The molecule has 0 bridgehead atoms. The molecule has 3 rings (SSSR count). The number of para-hydroxylation sites is 1. The van der Waals surface area contributed by atoms with Crippen LogP contribution >= 0.6 is 0 Å². The molecular formula is C19H20N2O5. The van der Waals surface area contributed by atoms with Crippen molar-refractivity contribution in [2.75, 3.05) is 5.32 Å². The average molecular weight is 356 g/mol. The number of benzene rings is 1. The van der Waals surface area contributed by atoms with E-state index in [2.05, 4.69) is 10.6 Å². The van der Waals surface area contributed by atoms with Crippen molar-refractivity contribution in [3.8, 4) is 0 Å². The Kier molecular flexibility index (Phi) is 4.54. The van der Waals surface area contributed by atoms with Crippen molar-refractivity contribution in [1.82, 2.24) is 5.32 Å². The molecular weight excluding hydrogens is 336 g/mol. The summed E-state index contributed by atoms with van der Waals surface area (Å²) in [4.78, 5) is 36.2. The minimum atomic E-state index is -0.986. The van der Waals surface area contributed by atoms with Gasteiger partial charge in [0.2, 0.25) is 5.91 Å². The standard InChI is InChI=1S/C19H20N2O5/c1-19(2)14(15(19)18(24)25)17(23)21-13-8-4-3-7-12(13)16(22)20-10-11-6-5-9-26-11/h3-9,14-15H,10H2,1-2H3,(H,20,22)(H,21,23)(H,24,25)/t14-,15-/m1/s1.